The second-order valence-electron chi connectivity index (χ2n) is 3.53. The molecule has 0 fully saturated rings. The molecule has 0 atom stereocenters. The fraction of sp³-hybridized carbons (Fsp3) is 0. The molecule has 98 valence electrons. The van der Waals surface area contributed by atoms with Gasteiger partial charge in [0.25, 0.3) is 5.91 Å². The minimum Gasteiger partial charge on any atom is -0.318 e. The summed E-state index contributed by atoms with van der Waals surface area (Å²) in [5.41, 5.74) is 0.542. The standard InChI is InChI=1S/C12H6BrCl3N2O/c13-7-2-1-3-17-10(7)12(19)18-11-8(15)4-6(14)5-9(11)16/h1-5H,(H,18,19). The van der Waals surface area contributed by atoms with Gasteiger partial charge in [-0.1, -0.05) is 34.8 Å². The van der Waals surface area contributed by atoms with Gasteiger partial charge in [-0.05, 0) is 40.2 Å². The lowest BCUT2D eigenvalue weighted by Crippen LogP contribution is -2.14. The molecule has 3 nitrogen and oxygen atoms in total. The van der Waals surface area contributed by atoms with Gasteiger partial charge in [0.05, 0.1) is 15.7 Å². The molecule has 1 heterocycles. The molecule has 0 aliphatic carbocycles. The van der Waals surface area contributed by atoms with Gasteiger partial charge in [-0.2, -0.15) is 0 Å². The second-order valence-corrected chi connectivity index (χ2v) is 5.64. The van der Waals surface area contributed by atoms with Crippen LogP contribution in [0, 0.1) is 0 Å². The second kappa shape index (κ2) is 6.09. The van der Waals surface area contributed by atoms with E-state index >= 15 is 0 Å². The molecule has 0 spiro atoms. The van der Waals surface area contributed by atoms with E-state index in [0.29, 0.717) is 15.2 Å². The van der Waals surface area contributed by atoms with E-state index in [0.717, 1.165) is 0 Å². The molecular formula is C12H6BrCl3N2O. The number of carbonyl (C=O) groups excluding carboxylic acids is 1. The normalized spacial score (nSPS) is 10.3. The molecule has 19 heavy (non-hydrogen) atoms. The number of benzene rings is 1. The Morgan fingerprint density at radius 3 is 2.42 bits per heavy atom. The number of hydrogen-bond acceptors (Lipinski definition) is 2. The van der Waals surface area contributed by atoms with E-state index in [4.69, 9.17) is 34.8 Å². The highest BCUT2D eigenvalue weighted by Crippen LogP contribution is 2.34. The molecular weight excluding hydrogens is 374 g/mol. The highest BCUT2D eigenvalue weighted by atomic mass is 79.9. The minimum atomic E-state index is -0.418. The first-order valence-electron chi connectivity index (χ1n) is 5.05. The van der Waals surface area contributed by atoms with Crippen LogP contribution in [-0.2, 0) is 0 Å². The highest BCUT2D eigenvalue weighted by molar-refractivity contribution is 9.10. The number of nitrogens with zero attached hydrogens (tertiary/aromatic N) is 1. The van der Waals surface area contributed by atoms with Crippen molar-refractivity contribution >= 4 is 62.3 Å². The van der Waals surface area contributed by atoms with Crippen LogP contribution in [0.5, 0.6) is 0 Å². The van der Waals surface area contributed by atoms with E-state index in [1.807, 2.05) is 0 Å². The topological polar surface area (TPSA) is 42.0 Å². The number of anilines is 1. The predicted molar refractivity (Wildman–Crippen MR) is 81.4 cm³/mol. The maximum atomic E-state index is 12.1. The van der Waals surface area contributed by atoms with Gasteiger partial charge in [0.1, 0.15) is 5.69 Å². The molecule has 0 saturated heterocycles. The van der Waals surface area contributed by atoms with Crippen molar-refractivity contribution in [2.24, 2.45) is 0 Å². The fourth-order valence-electron chi connectivity index (χ4n) is 1.39. The van der Waals surface area contributed by atoms with E-state index < -0.39 is 5.91 Å². The number of rotatable bonds is 2. The lowest BCUT2D eigenvalue weighted by molar-refractivity contribution is 0.102. The summed E-state index contributed by atoms with van der Waals surface area (Å²) < 4.78 is 0.578. The third kappa shape index (κ3) is 3.39. The minimum absolute atomic E-state index is 0.240. The lowest BCUT2D eigenvalue weighted by Gasteiger charge is -2.10. The van der Waals surface area contributed by atoms with Crippen LogP contribution in [0.4, 0.5) is 5.69 Å². The average Bonchev–Trinajstić information content (AvgIpc) is 2.34. The Hall–Kier alpha value is -0.810. The van der Waals surface area contributed by atoms with Crippen molar-refractivity contribution in [1.82, 2.24) is 4.98 Å². The first-order valence-corrected chi connectivity index (χ1v) is 6.98. The van der Waals surface area contributed by atoms with E-state index in [2.05, 4.69) is 26.2 Å². The van der Waals surface area contributed by atoms with Crippen LogP contribution in [0.25, 0.3) is 0 Å². The first kappa shape index (κ1) is 14.6. The summed E-state index contributed by atoms with van der Waals surface area (Å²) in [6.07, 6.45) is 1.52. The largest absolute Gasteiger partial charge is 0.318 e. The lowest BCUT2D eigenvalue weighted by atomic mass is 10.3. The summed E-state index contributed by atoms with van der Waals surface area (Å²) in [6.45, 7) is 0. The number of nitrogens with one attached hydrogen (secondary N) is 1. The van der Waals surface area contributed by atoms with Gasteiger partial charge >= 0.3 is 0 Å². The van der Waals surface area contributed by atoms with E-state index in [-0.39, 0.29) is 15.7 Å². The van der Waals surface area contributed by atoms with Crippen molar-refractivity contribution in [1.29, 1.82) is 0 Å². The van der Waals surface area contributed by atoms with Crippen molar-refractivity contribution in [2.45, 2.75) is 0 Å². The summed E-state index contributed by atoms with van der Waals surface area (Å²) >= 11 is 21.0. The molecule has 0 aliphatic heterocycles. The van der Waals surface area contributed by atoms with Gasteiger partial charge in [-0.25, -0.2) is 4.98 Å². The molecule has 1 aromatic heterocycles. The van der Waals surface area contributed by atoms with Crippen molar-refractivity contribution < 1.29 is 4.79 Å². The molecule has 0 unspecified atom stereocenters. The SMILES string of the molecule is O=C(Nc1c(Cl)cc(Cl)cc1Cl)c1ncccc1Br. The first-order chi connectivity index (χ1) is 8.99. The molecule has 1 amide bonds. The monoisotopic (exact) mass is 378 g/mol. The Balaban J connectivity index is 2.32. The number of carbonyl (C=O) groups is 1. The Morgan fingerprint density at radius 1 is 1.21 bits per heavy atom. The molecule has 0 radical (unpaired) electrons. The molecule has 0 aliphatic rings. The Morgan fingerprint density at radius 2 is 1.84 bits per heavy atom. The molecule has 2 rings (SSSR count). The third-order valence-electron chi connectivity index (χ3n) is 2.22. The summed E-state index contributed by atoms with van der Waals surface area (Å²) in [7, 11) is 0. The van der Waals surface area contributed by atoms with Crippen molar-refractivity contribution in [3.63, 3.8) is 0 Å². The molecule has 1 N–H and O–H groups in total. The van der Waals surface area contributed by atoms with Gasteiger partial charge in [-0.15, -0.1) is 0 Å². The quantitative estimate of drug-likeness (QED) is 0.792. The van der Waals surface area contributed by atoms with Crippen LogP contribution in [0.2, 0.25) is 15.1 Å². The Bertz CT molecular complexity index is 626. The van der Waals surface area contributed by atoms with Gasteiger partial charge in [-0.3, -0.25) is 4.79 Å². The third-order valence-corrected chi connectivity index (χ3v) is 3.67. The number of halogens is 4. The smallest absolute Gasteiger partial charge is 0.275 e. The fourth-order valence-corrected chi connectivity index (χ4v) is 2.73. The molecule has 2 aromatic rings. The molecule has 0 bridgehead atoms. The number of hydrogen-bond donors (Lipinski definition) is 1. The van der Waals surface area contributed by atoms with E-state index in [9.17, 15) is 4.79 Å². The highest BCUT2D eigenvalue weighted by Gasteiger charge is 2.15. The molecule has 0 saturated carbocycles. The zero-order valence-electron chi connectivity index (χ0n) is 9.25. The summed E-state index contributed by atoms with van der Waals surface area (Å²) in [6, 6.07) is 6.42. The van der Waals surface area contributed by atoms with Crippen molar-refractivity contribution in [3.8, 4) is 0 Å². The Labute approximate surface area is 133 Å². The van der Waals surface area contributed by atoms with Gasteiger partial charge in [0, 0.05) is 15.7 Å². The zero-order valence-corrected chi connectivity index (χ0v) is 13.1. The maximum absolute atomic E-state index is 12.1. The van der Waals surface area contributed by atoms with Crippen LogP contribution < -0.4 is 5.32 Å². The van der Waals surface area contributed by atoms with Crippen LogP contribution in [0.1, 0.15) is 10.5 Å². The Kier molecular flexibility index (Phi) is 4.68. The summed E-state index contributed by atoms with van der Waals surface area (Å²) in [4.78, 5) is 16.1. The van der Waals surface area contributed by atoms with E-state index in [1.54, 1.807) is 12.1 Å². The van der Waals surface area contributed by atoms with Crippen LogP contribution >= 0.6 is 50.7 Å². The number of pyridine rings is 1. The van der Waals surface area contributed by atoms with Gasteiger partial charge in [0.15, 0.2) is 0 Å². The molecule has 7 heteroatoms. The predicted octanol–water partition coefficient (Wildman–Crippen LogP) is 5.06. The van der Waals surface area contributed by atoms with Crippen LogP contribution in [0.15, 0.2) is 34.9 Å². The van der Waals surface area contributed by atoms with Crippen LogP contribution in [-0.4, -0.2) is 10.9 Å². The summed E-state index contributed by atoms with van der Waals surface area (Å²) in [5, 5.41) is 3.53. The number of amides is 1. The average molecular weight is 380 g/mol. The van der Waals surface area contributed by atoms with Gasteiger partial charge < -0.3 is 5.32 Å². The zero-order chi connectivity index (χ0) is 14.0. The maximum Gasteiger partial charge on any atom is 0.275 e. The molecule has 1 aromatic carbocycles. The number of aromatic nitrogens is 1. The van der Waals surface area contributed by atoms with Crippen molar-refractivity contribution in [3.05, 3.63) is 55.7 Å². The van der Waals surface area contributed by atoms with Crippen molar-refractivity contribution in [2.75, 3.05) is 5.32 Å². The summed E-state index contributed by atoms with van der Waals surface area (Å²) in [5.74, 6) is -0.418. The van der Waals surface area contributed by atoms with E-state index in [1.165, 1.54) is 18.3 Å². The van der Waals surface area contributed by atoms with Crippen LogP contribution in [0.3, 0.4) is 0 Å². The van der Waals surface area contributed by atoms with Gasteiger partial charge in [0.2, 0.25) is 0 Å².